The molecule has 3 heterocycles. The molecule has 30 heavy (non-hydrogen) atoms. The van der Waals surface area contributed by atoms with Crippen molar-refractivity contribution in [3.63, 3.8) is 0 Å². The largest absolute Gasteiger partial charge is 0.425 e. The SMILES string of the molecule is Cn1cc(-c2cnc(N)c(C(=O)N[C@@H]3CN[C@H](C(=O)Oc4ccccc4)C3)c2)cn1. The lowest BCUT2D eigenvalue weighted by atomic mass is 10.1. The van der Waals surface area contributed by atoms with Crippen molar-refractivity contribution in [2.75, 3.05) is 12.3 Å². The Balaban J connectivity index is 1.39. The summed E-state index contributed by atoms with van der Waals surface area (Å²) in [5.41, 5.74) is 7.80. The first-order valence-electron chi connectivity index (χ1n) is 9.55. The minimum atomic E-state index is -0.493. The van der Waals surface area contributed by atoms with Gasteiger partial charge >= 0.3 is 5.97 Å². The zero-order valence-corrected chi connectivity index (χ0v) is 16.4. The highest BCUT2D eigenvalue weighted by atomic mass is 16.5. The van der Waals surface area contributed by atoms with E-state index in [0.29, 0.717) is 18.7 Å². The number of aryl methyl sites for hydroxylation is 1. The number of nitrogens with two attached hydrogens (primary N) is 1. The number of ether oxygens (including phenoxy) is 1. The van der Waals surface area contributed by atoms with Crippen LogP contribution in [0.5, 0.6) is 5.75 Å². The topological polar surface area (TPSA) is 124 Å². The van der Waals surface area contributed by atoms with Gasteiger partial charge in [0.1, 0.15) is 17.6 Å². The van der Waals surface area contributed by atoms with Crippen LogP contribution in [-0.2, 0) is 11.8 Å². The molecule has 1 saturated heterocycles. The van der Waals surface area contributed by atoms with Crippen LogP contribution in [0.3, 0.4) is 0 Å². The average Bonchev–Trinajstić information content (AvgIpc) is 3.38. The molecule has 4 N–H and O–H groups in total. The molecule has 0 spiro atoms. The molecule has 1 aliphatic rings. The number of carbonyl (C=O) groups is 2. The highest BCUT2D eigenvalue weighted by Gasteiger charge is 2.32. The number of para-hydroxylation sites is 1. The number of esters is 1. The predicted molar refractivity (Wildman–Crippen MR) is 111 cm³/mol. The smallest absolute Gasteiger partial charge is 0.328 e. The number of rotatable bonds is 5. The first-order chi connectivity index (χ1) is 14.5. The molecule has 0 saturated carbocycles. The van der Waals surface area contributed by atoms with Gasteiger partial charge in [-0.15, -0.1) is 0 Å². The molecule has 154 valence electrons. The maximum atomic E-state index is 12.8. The van der Waals surface area contributed by atoms with Gasteiger partial charge in [0, 0.05) is 43.2 Å². The van der Waals surface area contributed by atoms with Crippen molar-refractivity contribution in [3.05, 3.63) is 60.6 Å². The second kappa shape index (κ2) is 8.34. The Labute approximate surface area is 173 Å². The van der Waals surface area contributed by atoms with Crippen molar-refractivity contribution < 1.29 is 14.3 Å². The maximum absolute atomic E-state index is 12.8. The summed E-state index contributed by atoms with van der Waals surface area (Å²) >= 11 is 0. The zero-order valence-electron chi connectivity index (χ0n) is 16.4. The lowest BCUT2D eigenvalue weighted by Crippen LogP contribution is -2.36. The summed E-state index contributed by atoms with van der Waals surface area (Å²) in [6, 6.07) is 9.85. The van der Waals surface area contributed by atoms with Gasteiger partial charge in [-0.25, -0.2) is 9.78 Å². The van der Waals surface area contributed by atoms with Gasteiger partial charge in [0.2, 0.25) is 0 Å². The number of pyridine rings is 1. The molecule has 2 atom stereocenters. The van der Waals surface area contributed by atoms with Crippen LogP contribution in [0, 0.1) is 0 Å². The lowest BCUT2D eigenvalue weighted by molar-refractivity contribution is -0.136. The van der Waals surface area contributed by atoms with E-state index < -0.39 is 6.04 Å². The second-order valence-electron chi connectivity index (χ2n) is 7.16. The van der Waals surface area contributed by atoms with Crippen LogP contribution in [0.25, 0.3) is 11.1 Å². The van der Waals surface area contributed by atoms with E-state index in [9.17, 15) is 9.59 Å². The Kier molecular flexibility index (Phi) is 5.44. The van der Waals surface area contributed by atoms with Crippen LogP contribution in [0.15, 0.2) is 55.0 Å². The minimum Gasteiger partial charge on any atom is -0.425 e. The van der Waals surface area contributed by atoms with Gasteiger partial charge in [0.15, 0.2) is 0 Å². The van der Waals surface area contributed by atoms with E-state index in [1.807, 2.05) is 19.3 Å². The molecule has 0 unspecified atom stereocenters. The second-order valence-corrected chi connectivity index (χ2v) is 7.16. The number of nitrogen functional groups attached to an aromatic ring is 1. The van der Waals surface area contributed by atoms with Gasteiger partial charge in [0.05, 0.1) is 11.8 Å². The molecular formula is C21H22N6O3. The van der Waals surface area contributed by atoms with Gasteiger partial charge in [-0.3, -0.25) is 9.48 Å². The van der Waals surface area contributed by atoms with Crippen molar-refractivity contribution in [1.29, 1.82) is 0 Å². The number of amides is 1. The van der Waals surface area contributed by atoms with Crippen LogP contribution in [0.1, 0.15) is 16.8 Å². The quantitative estimate of drug-likeness (QED) is 0.429. The Hall–Kier alpha value is -3.72. The third-order valence-electron chi connectivity index (χ3n) is 4.91. The molecule has 1 fully saturated rings. The van der Waals surface area contributed by atoms with Gasteiger partial charge in [-0.2, -0.15) is 5.10 Å². The first kappa shape index (κ1) is 19.6. The van der Waals surface area contributed by atoms with Crippen molar-refractivity contribution in [3.8, 4) is 16.9 Å². The molecule has 2 aromatic heterocycles. The van der Waals surface area contributed by atoms with E-state index in [1.54, 1.807) is 47.4 Å². The highest BCUT2D eigenvalue weighted by Crippen LogP contribution is 2.22. The van der Waals surface area contributed by atoms with E-state index in [-0.39, 0.29) is 29.3 Å². The number of nitrogens with zero attached hydrogens (tertiary/aromatic N) is 3. The van der Waals surface area contributed by atoms with E-state index in [2.05, 4.69) is 20.7 Å². The van der Waals surface area contributed by atoms with Gasteiger partial charge in [0.25, 0.3) is 5.91 Å². The Morgan fingerprint density at radius 2 is 2.03 bits per heavy atom. The molecule has 1 amide bonds. The summed E-state index contributed by atoms with van der Waals surface area (Å²) in [4.78, 5) is 29.3. The predicted octanol–water partition coefficient (Wildman–Crippen LogP) is 1.13. The molecular weight excluding hydrogens is 384 g/mol. The van der Waals surface area contributed by atoms with E-state index in [1.165, 1.54) is 0 Å². The number of hydrogen-bond donors (Lipinski definition) is 3. The Bertz CT molecular complexity index is 1070. The standard InChI is InChI=1S/C21H22N6O3/c1-27-12-14(10-25-27)13-7-17(19(22)24-9-13)20(28)26-15-8-18(23-11-15)21(29)30-16-5-3-2-4-6-16/h2-7,9-10,12,15,18,23H,8,11H2,1H3,(H2,22,24)(H,26,28)/t15-,18-/m0/s1. The lowest BCUT2D eigenvalue weighted by Gasteiger charge is -2.13. The fourth-order valence-corrected chi connectivity index (χ4v) is 3.35. The molecule has 3 aromatic rings. The molecule has 1 aromatic carbocycles. The fourth-order valence-electron chi connectivity index (χ4n) is 3.35. The summed E-state index contributed by atoms with van der Waals surface area (Å²) in [6.07, 6.45) is 5.56. The molecule has 9 heteroatoms. The molecule has 1 aliphatic heterocycles. The molecule has 9 nitrogen and oxygen atoms in total. The van der Waals surface area contributed by atoms with E-state index >= 15 is 0 Å². The van der Waals surface area contributed by atoms with Crippen LogP contribution >= 0.6 is 0 Å². The average molecular weight is 406 g/mol. The normalized spacial score (nSPS) is 18.2. The van der Waals surface area contributed by atoms with Gasteiger partial charge < -0.3 is 21.1 Å². The minimum absolute atomic E-state index is 0.145. The van der Waals surface area contributed by atoms with Crippen LogP contribution in [-0.4, -0.2) is 45.3 Å². The third kappa shape index (κ3) is 4.31. The zero-order chi connectivity index (χ0) is 21.1. The summed E-state index contributed by atoms with van der Waals surface area (Å²) in [6.45, 7) is 0.454. The Morgan fingerprint density at radius 1 is 1.23 bits per heavy atom. The summed E-state index contributed by atoms with van der Waals surface area (Å²) in [5, 5.41) is 10.1. The fraction of sp³-hybridized carbons (Fsp3) is 0.238. The van der Waals surface area contributed by atoms with Crippen molar-refractivity contribution in [2.45, 2.75) is 18.5 Å². The summed E-state index contributed by atoms with van der Waals surface area (Å²) in [5.74, 6) is -0.0821. The monoisotopic (exact) mass is 406 g/mol. The van der Waals surface area contributed by atoms with Crippen molar-refractivity contribution in [1.82, 2.24) is 25.4 Å². The van der Waals surface area contributed by atoms with Crippen molar-refractivity contribution >= 4 is 17.7 Å². The third-order valence-corrected chi connectivity index (χ3v) is 4.91. The maximum Gasteiger partial charge on any atom is 0.328 e. The number of carbonyl (C=O) groups excluding carboxylic acids is 2. The highest BCUT2D eigenvalue weighted by molar-refractivity contribution is 5.99. The molecule has 4 rings (SSSR count). The van der Waals surface area contributed by atoms with E-state index in [0.717, 1.165) is 11.1 Å². The molecule has 0 aliphatic carbocycles. The Morgan fingerprint density at radius 3 is 2.77 bits per heavy atom. The van der Waals surface area contributed by atoms with Gasteiger partial charge in [-0.05, 0) is 24.6 Å². The first-order valence-corrected chi connectivity index (χ1v) is 9.55. The van der Waals surface area contributed by atoms with E-state index in [4.69, 9.17) is 10.5 Å². The summed E-state index contributed by atoms with van der Waals surface area (Å²) in [7, 11) is 1.81. The number of aromatic nitrogens is 3. The van der Waals surface area contributed by atoms with Gasteiger partial charge in [-0.1, -0.05) is 18.2 Å². The number of hydrogen-bond acceptors (Lipinski definition) is 7. The number of benzene rings is 1. The summed E-state index contributed by atoms with van der Waals surface area (Å²) < 4.78 is 7.04. The van der Waals surface area contributed by atoms with Crippen LogP contribution < -0.4 is 21.1 Å². The van der Waals surface area contributed by atoms with Crippen molar-refractivity contribution in [2.24, 2.45) is 7.05 Å². The van der Waals surface area contributed by atoms with Crippen LogP contribution in [0.4, 0.5) is 5.82 Å². The molecule has 0 radical (unpaired) electrons. The number of anilines is 1. The molecule has 0 bridgehead atoms. The number of nitrogens with one attached hydrogen (secondary N) is 2. The van der Waals surface area contributed by atoms with Crippen LogP contribution in [0.2, 0.25) is 0 Å².